The molecule has 0 bridgehead atoms. The van der Waals surface area contributed by atoms with Crippen LogP contribution in [0, 0.1) is 0 Å². The summed E-state index contributed by atoms with van der Waals surface area (Å²) in [5.74, 6) is 0.724. The largest absolute Gasteiger partial charge is 0.356 e. The number of rotatable bonds is 4. The molecule has 1 aliphatic heterocycles. The summed E-state index contributed by atoms with van der Waals surface area (Å²) in [6.45, 7) is 6.05. The second-order valence-corrected chi connectivity index (χ2v) is 4.42. The van der Waals surface area contributed by atoms with Gasteiger partial charge >= 0.3 is 0 Å². The van der Waals surface area contributed by atoms with E-state index in [1.807, 2.05) is 6.07 Å². The molecule has 4 nitrogen and oxygen atoms in total. The average Bonchev–Trinajstić information content (AvgIpc) is 2.45. The SMILES string of the molecule is C=CCNC(=O)c1cccnc1N1CCCCC1. The van der Waals surface area contributed by atoms with Crippen LogP contribution in [0.15, 0.2) is 31.0 Å². The van der Waals surface area contributed by atoms with Crippen molar-refractivity contribution in [3.05, 3.63) is 36.5 Å². The molecule has 1 amide bonds. The van der Waals surface area contributed by atoms with Gasteiger partial charge in [0.15, 0.2) is 0 Å². The van der Waals surface area contributed by atoms with Gasteiger partial charge in [0.1, 0.15) is 5.82 Å². The minimum absolute atomic E-state index is 0.0800. The van der Waals surface area contributed by atoms with E-state index < -0.39 is 0 Å². The Morgan fingerprint density at radius 3 is 2.94 bits per heavy atom. The Balaban J connectivity index is 2.18. The van der Waals surface area contributed by atoms with Crippen molar-refractivity contribution in [1.82, 2.24) is 10.3 Å². The maximum absolute atomic E-state index is 12.0. The smallest absolute Gasteiger partial charge is 0.255 e. The van der Waals surface area contributed by atoms with Crippen LogP contribution in [-0.2, 0) is 0 Å². The molecule has 2 rings (SSSR count). The van der Waals surface area contributed by atoms with Gasteiger partial charge in [0.25, 0.3) is 5.91 Å². The molecule has 0 atom stereocenters. The first-order valence-electron chi connectivity index (χ1n) is 6.42. The third kappa shape index (κ3) is 2.88. The first kappa shape index (κ1) is 12.6. The lowest BCUT2D eigenvalue weighted by molar-refractivity contribution is 0.0958. The van der Waals surface area contributed by atoms with Crippen LogP contribution in [0.2, 0.25) is 0 Å². The molecule has 1 saturated heterocycles. The highest BCUT2D eigenvalue weighted by Gasteiger charge is 2.18. The predicted molar refractivity (Wildman–Crippen MR) is 72.8 cm³/mol. The molecule has 18 heavy (non-hydrogen) atoms. The van der Waals surface area contributed by atoms with Crippen molar-refractivity contribution >= 4 is 11.7 Å². The van der Waals surface area contributed by atoms with Crippen molar-refractivity contribution in [3.63, 3.8) is 0 Å². The van der Waals surface area contributed by atoms with Crippen LogP contribution in [0.4, 0.5) is 5.82 Å². The highest BCUT2D eigenvalue weighted by atomic mass is 16.1. The van der Waals surface area contributed by atoms with E-state index in [0.717, 1.165) is 18.9 Å². The molecule has 2 heterocycles. The number of aromatic nitrogens is 1. The van der Waals surface area contributed by atoms with E-state index in [-0.39, 0.29) is 5.91 Å². The molecule has 0 spiro atoms. The van der Waals surface area contributed by atoms with Gasteiger partial charge in [-0.2, -0.15) is 0 Å². The van der Waals surface area contributed by atoms with Gasteiger partial charge in [0.05, 0.1) is 5.56 Å². The second-order valence-electron chi connectivity index (χ2n) is 4.42. The average molecular weight is 245 g/mol. The van der Waals surface area contributed by atoms with Crippen LogP contribution in [0.1, 0.15) is 29.6 Å². The normalized spacial score (nSPS) is 15.2. The van der Waals surface area contributed by atoms with Crippen LogP contribution >= 0.6 is 0 Å². The Labute approximate surface area is 108 Å². The van der Waals surface area contributed by atoms with Crippen LogP contribution in [0.3, 0.4) is 0 Å². The van der Waals surface area contributed by atoms with Gasteiger partial charge in [-0.3, -0.25) is 4.79 Å². The number of anilines is 1. The van der Waals surface area contributed by atoms with Gasteiger partial charge in [-0.25, -0.2) is 4.98 Å². The van der Waals surface area contributed by atoms with Crippen molar-refractivity contribution in [3.8, 4) is 0 Å². The highest BCUT2D eigenvalue weighted by Crippen LogP contribution is 2.21. The van der Waals surface area contributed by atoms with E-state index in [9.17, 15) is 4.79 Å². The van der Waals surface area contributed by atoms with Crippen molar-refractivity contribution < 1.29 is 4.79 Å². The van der Waals surface area contributed by atoms with Crippen LogP contribution in [0.25, 0.3) is 0 Å². The molecule has 1 N–H and O–H groups in total. The van der Waals surface area contributed by atoms with Crippen molar-refractivity contribution in [1.29, 1.82) is 0 Å². The number of hydrogen-bond donors (Lipinski definition) is 1. The number of amides is 1. The molecule has 0 radical (unpaired) electrons. The summed E-state index contributed by atoms with van der Waals surface area (Å²) in [6, 6.07) is 3.63. The van der Waals surface area contributed by atoms with E-state index in [2.05, 4.69) is 21.8 Å². The fourth-order valence-electron chi connectivity index (χ4n) is 2.19. The molecular formula is C14H19N3O. The van der Waals surface area contributed by atoms with Gasteiger partial charge in [-0.05, 0) is 31.4 Å². The van der Waals surface area contributed by atoms with E-state index in [1.165, 1.54) is 19.3 Å². The molecule has 0 unspecified atom stereocenters. The summed E-state index contributed by atoms with van der Waals surface area (Å²) in [7, 11) is 0. The summed E-state index contributed by atoms with van der Waals surface area (Å²) >= 11 is 0. The molecule has 96 valence electrons. The van der Waals surface area contributed by atoms with Gasteiger partial charge in [-0.1, -0.05) is 6.08 Å². The maximum Gasteiger partial charge on any atom is 0.255 e. The van der Waals surface area contributed by atoms with Crippen molar-refractivity contribution in [2.75, 3.05) is 24.5 Å². The molecular weight excluding hydrogens is 226 g/mol. The molecule has 1 fully saturated rings. The Morgan fingerprint density at radius 2 is 2.22 bits per heavy atom. The van der Waals surface area contributed by atoms with Gasteiger partial charge in [-0.15, -0.1) is 6.58 Å². The van der Waals surface area contributed by atoms with E-state index >= 15 is 0 Å². The zero-order chi connectivity index (χ0) is 12.8. The Kier molecular flexibility index (Phi) is 4.34. The number of hydrogen-bond acceptors (Lipinski definition) is 3. The summed E-state index contributed by atoms with van der Waals surface area (Å²) in [6.07, 6.45) is 7.03. The lowest BCUT2D eigenvalue weighted by Gasteiger charge is -2.29. The maximum atomic E-state index is 12.0. The highest BCUT2D eigenvalue weighted by molar-refractivity contribution is 5.98. The van der Waals surface area contributed by atoms with E-state index in [0.29, 0.717) is 12.1 Å². The van der Waals surface area contributed by atoms with Crippen molar-refractivity contribution in [2.45, 2.75) is 19.3 Å². The monoisotopic (exact) mass is 245 g/mol. The zero-order valence-electron chi connectivity index (χ0n) is 10.6. The first-order valence-corrected chi connectivity index (χ1v) is 6.42. The molecule has 0 aliphatic carbocycles. The number of carbonyl (C=O) groups is 1. The number of pyridine rings is 1. The van der Waals surface area contributed by atoms with Gasteiger partial charge in [0, 0.05) is 25.8 Å². The molecule has 4 heteroatoms. The van der Waals surface area contributed by atoms with Crippen molar-refractivity contribution in [2.24, 2.45) is 0 Å². The lowest BCUT2D eigenvalue weighted by atomic mass is 10.1. The molecule has 1 aromatic rings. The quantitative estimate of drug-likeness (QED) is 0.825. The Bertz CT molecular complexity index is 425. The summed E-state index contributed by atoms with van der Waals surface area (Å²) in [5.41, 5.74) is 0.654. The van der Waals surface area contributed by atoms with Crippen LogP contribution < -0.4 is 10.2 Å². The first-order chi connectivity index (χ1) is 8.83. The second kappa shape index (κ2) is 6.19. The van der Waals surface area contributed by atoms with Crippen LogP contribution in [-0.4, -0.2) is 30.5 Å². The predicted octanol–water partition coefficient (Wildman–Crippen LogP) is 1.99. The Hall–Kier alpha value is -1.84. The molecule has 1 aliphatic rings. The number of nitrogens with one attached hydrogen (secondary N) is 1. The topological polar surface area (TPSA) is 45.2 Å². The third-order valence-corrected chi connectivity index (χ3v) is 3.09. The summed E-state index contributed by atoms with van der Waals surface area (Å²) in [4.78, 5) is 18.6. The summed E-state index contributed by atoms with van der Waals surface area (Å²) in [5, 5.41) is 2.80. The fraction of sp³-hybridized carbons (Fsp3) is 0.429. The molecule has 0 saturated carbocycles. The molecule has 0 aromatic carbocycles. The minimum atomic E-state index is -0.0800. The minimum Gasteiger partial charge on any atom is -0.356 e. The van der Waals surface area contributed by atoms with Crippen LogP contribution in [0.5, 0.6) is 0 Å². The fourth-order valence-corrected chi connectivity index (χ4v) is 2.19. The standard InChI is InChI=1S/C14H19N3O/c1-2-8-16-14(18)12-7-6-9-15-13(12)17-10-4-3-5-11-17/h2,6-7,9H,1,3-5,8,10-11H2,(H,16,18). The van der Waals surface area contributed by atoms with Gasteiger partial charge < -0.3 is 10.2 Å². The lowest BCUT2D eigenvalue weighted by Crippen LogP contribution is -2.33. The molecule has 1 aromatic heterocycles. The number of nitrogens with zero attached hydrogens (tertiary/aromatic N) is 2. The zero-order valence-corrected chi connectivity index (χ0v) is 10.6. The third-order valence-electron chi connectivity index (χ3n) is 3.09. The van der Waals surface area contributed by atoms with Gasteiger partial charge in [0.2, 0.25) is 0 Å². The number of piperidine rings is 1. The van der Waals surface area contributed by atoms with E-state index in [4.69, 9.17) is 0 Å². The van der Waals surface area contributed by atoms with E-state index in [1.54, 1.807) is 18.3 Å². The number of carbonyl (C=O) groups excluding carboxylic acids is 1. The summed E-state index contributed by atoms with van der Waals surface area (Å²) < 4.78 is 0. The Morgan fingerprint density at radius 1 is 1.44 bits per heavy atom.